The molecule has 1 saturated heterocycles. The zero-order chi connectivity index (χ0) is 18.1. The highest BCUT2D eigenvalue weighted by Crippen LogP contribution is 2.25. The van der Waals surface area contributed by atoms with Crippen LogP contribution in [-0.4, -0.2) is 21.9 Å². The van der Waals surface area contributed by atoms with Gasteiger partial charge in [-0.3, -0.25) is 29.9 Å². The first kappa shape index (κ1) is 16.8. The number of thiocarbonyl (C=S) groups is 1. The standard InChI is InChI=1S/C15H8ClN3O5S/c16-8-1-3-9(4-2-8)18-14(21)11(13(20)17-15(18)25)7-10-5-6-12(24-10)19(22)23/h1-7H,(H,17,20,25)/b11-7+. The van der Waals surface area contributed by atoms with E-state index in [2.05, 4.69) is 5.32 Å². The van der Waals surface area contributed by atoms with Crippen molar-refractivity contribution < 1.29 is 18.9 Å². The molecule has 1 N–H and O–H groups in total. The predicted molar refractivity (Wildman–Crippen MR) is 93.0 cm³/mol. The van der Waals surface area contributed by atoms with Crippen molar-refractivity contribution >= 4 is 58.4 Å². The molecule has 0 saturated carbocycles. The maximum atomic E-state index is 12.7. The second-order valence-electron chi connectivity index (χ2n) is 4.87. The van der Waals surface area contributed by atoms with Crippen LogP contribution in [0.1, 0.15) is 5.76 Å². The molecule has 8 nitrogen and oxygen atoms in total. The number of amides is 2. The quantitative estimate of drug-likeness (QED) is 0.290. The van der Waals surface area contributed by atoms with Crippen LogP contribution in [-0.2, 0) is 9.59 Å². The molecule has 0 bridgehead atoms. The number of anilines is 1. The number of rotatable bonds is 3. The molecule has 126 valence electrons. The first-order valence-electron chi connectivity index (χ1n) is 6.78. The third-order valence-corrected chi connectivity index (χ3v) is 3.80. The van der Waals surface area contributed by atoms with Crippen molar-refractivity contribution in [3.8, 4) is 0 Å². The molecule has 1 fully saturated rings. The van der Waals surface area contributed by atoms with Crippen molar-refractivity contribution in [3.63, 3.8) is 0 Å². The summed E-state index contributed by atoms with van der Waals surface area (Å²) in [7, 11) is 0. The van der Waals surface area contributed by atoms with Gasteiger partial charge in [0.2, 0.25) is 0 Å². The fourth-order valence-corrected chi connectivity index (χ4v) is 2.55. The highest BCUT2D eigenvalue weighted by Gasteiger charge is 2.34. The Morgan fingerprint density at radius 3 is 2.48 bits per heavy atom. The van der Waals surface area contributed by atoms with E-state index in [1.165, 1.54) is 6.07 Å². The summed E-state index contributed by atoms with van der Waals surface area (Å²) in [5.74, 6) is -1.91. The van der Waals surface area contributed by atoms with Gasteiger partial charge < -0.3 is 4.42 Å². The van der Waals surface area contributed by atoms with E-state index in [0.29, 0.717) is 10.7 Å². The highest BCUT2D eigenvalue weighted by molar-refractivity contribution is 7.80. The number of carbonyl (C=O) groups is 2. The lowest BCUT2D eigenvalue weighted by Crippen LogP contribution is -2.54. The van der Waals surface area contributed by atoms with Crippen molar-refractivity contribution in [1.29, 1.82) is 0 Å². The normalized spacial score (nSPS) is 16.3. The Bertz CT molecular complexity index is 935. The Morgan fingerprint density at radius 2 is 1.88 bits per heavy atom. The second kappa shape index (κ2) is 6.46. The van der Waals surface area contributed by atoms with Gasteiger partial charge in [0, 0.05) is 5.02 Å². The number of nitrogens with one attached hydrogen (secondary N) is 1. The van der Waals surface area contributed by atoms with Gasteiger partial charge in [0.25, 0.3) is 11.8 Å². The lowest BCUT2D eigenvalue weighted by Gasteiger charge is -2.28. The third-order valence-electron chi connectivity index (χ3n) is 3.27. The van der Waals surface area contributed by atoms with Crippen molar-refractivity contribution in [3.05, 3.63) is 62.9 Å². The third kappa shape index (κ3) is 3.28. The molecule has 10 heteroatoms. The molecule has 1 aliphatic rings. The Balaban J connectivity index is 1.98. The van der Waals surface area contributed by atoms with Gasteiger partial charge in [-0.25, -0.2) is 0 Å². The lowest BCUT2D eigenvalue weighted by atomic mass is 10.1. The number of carbonyl (C=O) groups excluding carboxylic acids is 2. The van der Waals surface area contributed by atoms with E-state index in [1.807, 2.05) is 0 Å². The van der Waals surface area contributed by atoms with Crippen molar-refractivity contribution in [2.75, 3.05) is 4.90 Å². The molecular formula is C15H8ClN3O5S. The summed E-state index contributed by atoms with van der Waals surface area (Å²) < 4.78 is 4.95. The van der Waals surface area contributed by atoms with E-state index in [0.717, 1.165) is 17.0 Å². The summed E-state index contributed by atoms with van der Waals surface area (Å²) >= 11 is 10.9. The van der Waals surface area contributed by atoms with E-state index in [9.17, 15) is 19.7 Å². The summed E-state index contributed by atoms with van der Waals surface area (Å²) in [6.45, 7) is 0. The van der Waals surface area contributed by atoms with E-state index in [1.54, 1.807) is 24.3 Å². The molecule has 0 aliphatic carbocycles. The van der Waals surface area contributed by atoms with Crippen LogP contribution in [0.25, 0.3) is 6.08 Å². The number of furan rings is 1. The molecule has 0 radical (unpaired) electrons. The number of nitro groups is 1. The zero-order valence-corrected chi connectivity index (χ0v) is 13.8. The van der Waals surface area contributed by atoms with E-state index in [-0.39, 0.29) is 16.4 Å². The van der Waals surface area contributed by atoms with Gasteiger partial charge in [-0.1, -0.05) is 11.6 Å². The summed E-state index contributed by atoms with van der Waals surface area (Å²) in [6, 6.07) is 8.69. The van der Waals surface area contributed by atoms with Gasteiger partial charge in [-0.15, -0.1) is 0 Å². The molecule has 3 rings (SSSR count). The molecular weight excluding hydrogens is 370 g/mol. The minimum absolute atomic E-state index is 0.00549. The predicted octanol–water partition coefficient (Wildman–Crippen LogP) is 2.67. The topological polar surface area (TPSA) is 106 Å². The Hall–Kier alpha value is -3.04. The van der Waals surface area contributed by atoms with Crippen LogP contribution in [0.4, 0.5) is 11.6 Å². The molecule has 2 aromatic rings. The molecule has 0 unspecified atom stereocenters. The first-order valence-corrected chi connectivity index (χ1v) is 7.56. The lowest BCUT2D eigenvalue weighted by molar-refractivity contribution is -0.402. The number of hydrogen-bond donors (Lipinski definition) is 1. The van der Waals surface area contributed by atoms with Crippen LogP contribution in [0.3, 0.4) is 0 Å². The SMILES string of the molecule is O=C1NC(=S)N(c2ccc(Cl)cc2)C(=O)/C1=C/c1ccc([N+](=O)[O-])o1. The second-order valence-corrected chi connectivity index (χ2v) is 5.69. The van der Waals surface area contributed by atoms with Gasteiger partial charge in [0.1, 0.15) is 16.3 Å². The van der Waals surface area contributed by atoms with E-state index < -0.39 is 22.6 Å². The van der Waals surface area contributed by atoms with Gasteiger partial charge >= 0.3 is 5.88 Å². The Labute approximate surface area is 150 Å². The van der Waals surface area contributed by atoms with E-state index in [4.69, 9.17) is 28.2 Å². The molecule has 2 heterocycles. The molecule has 1 aromatic heterocycles. The summed E-state index contributed by atoms with van der Waals surface area (Å²) in [4.78, 5) is 35.8. The number of halogens is 1. The summed E-state index contributed by atoms with van der Waals surface area (Å²) in [6.07, 6.45) is 1.12. The Morgan fingerprint density at radius 1 is 1.20 bits per heavy atom. The minimum Gasteiger partial charge on any atom is -0.401 e. The van der Waals surface area contributed by atoms with Crippen LogP contribution in [0.5, 0.6) is 0 Å². The maximum Gasteiger partial charge on any atom is 0.433 e. The van der Waals surface area contributed by atoms with Gasteiger partial charge in [-0.2, -0.15) is 0 Å². The molecule has 2 amide bonds. The number of benzene rings is 1. The number of hydrogen-bond acceptors (Lipinski definition) is 6. The molecule has 1 aromatic carbocycles. The average molecular weight is 378 g/mol. The van der Waals surface area contributed by atoms with Crippen LogP contribution in [0.15, 0.2) is 46.4 Å². The first-order chi connectivity index (χ1) is 11.9. The number of nitrogens with zero attached hydrogens (tertiary/aromatic N) is 2. The average Bonchev–Trinajstić information content (AvgIpc) is 3.02. The molecule has 25 heavy (non-hydrogen) atoms. The molecule has 0 spiro atoms. The Kier molecular flexibility index (Phi) is 4.34. The molecule has 0 atom stereocenters. The summed E-state index contributed by atoms with van der Waals surface area (Å²) in [5, 5.41) is 13.4. The zero-order valence-electron chi connectivity index (χ0n) is 12.3. The van der Waals surface area contributed by atoms with Gasteiger partial charge in [-0.05, 0) is 48.6 Å². The van der Waals surface area contributed by atoms with Crippen molar-refractivity contribution in [2.45, 2.75) is 0 Å². The van der Waals surface area contributed by atoms with Crippen LogP contribution in [0, 0.1) is 10.1 Å². The molecule has 1 aliphatic heterocycles. The fraction of sp³-hybridized carbons (Fsp3) is 0. The minimum atomic E-state index is -0.723. The van der Waals surface area contributed by atoms with Gasteiger partial charge in [0.15, 0.2) is 5.11 Å². The largest absolute Gasteiger partial charge is 0.433 e. The van der Waals surface area contributed by atoms with Crippen molar-refractivity contribution in [1.82, 2.24) is 5.32 Å². The summed E-state index contributed by atoms with van der Waals surface area (Å²) in [5.41, 5.74) is 0.142. The van der Waals surface area contributed by atoms with Crippen molar-refractivity contribution in [2.24, 2.45) is 0 Å². The highest BCUT2D eigenvalue weighted by atomic mass is 35.5. The van der Waals surface area contributed by atoms with Crippen LogP contribution in [0.2, 0.25) is 5.02 Å². The van der Waals surface area contributed by atoms with Gasteiger partial charge in [0.05, 0.1) is 11.8 Å². The fourth-order valence-electron chi connectivity index (χ4n) is 2.14. The van der Waals surface area contributed by atoms with Crippen LogP contribution >= 0.6 is 23.8 Å². The van der Waals surface area contributed by atoms with E-state index >= 15 is 0 Å². The smallest absolute Gasteiger partial charge is 0.401 e. The maximum absolute atomic E-state index is 12.7. The monoisotopic (exact) mass is 377 g/mol. The van der Waals surface area contributed by atoms with Crippen LogP contribution < -0.4 is 10.2 Å².